The van der Waals surface area contributed by atoms with E-state index < -0.39 is 15.9 Å². The van der Waals surface area contributed by atoms with Crippen LogP contribution in [0.1, 0.15) is 38.3 Å². The minimum Gasteiger partial charge on any atom is -0.481 e. The predicted octanol–water partition coefficient (Wildman–Crippen LogP) is 3.52. The first-order valence-electron chi connectivity index (χ1n) is 8.67. The van der Waals surface area contributed by atoms with Crippen LogP contribution in [0, 0.1) is 0 Å². The van der Waals surface area contributed by atoms with E-state index in [1.807, 2.05) is 44.2 Å². The molecule has 0 heterocycles. The third-order valence-corrected chi connectivity index (χ3v) is 5.25. The number of hydrogen-bond acceptors (Lipinski definition) is 4. The van der Waals surface area contributed by atoms with Gasteiger partial charge in [0.25, 0.3) is 5.91 Å². The van der Waals surface area contributed by atoms with Crippen LogP contribution in [0.2, 0.25) is 0 Å². The van der Waals surface area contributed by atoms with Crippen molar-refractivity contribution in [2.45, 2.75) is 43.7 Å². The standard InChI is InChI=1S/C20H25NO4S/c1-4-18(15-11-13-17(14-12-15)26(3,23)24)21-20(22)19(5-2)25-16-9-7-6-8-10-16/h6-14,18-19H,4-5H2,1-3H3,(H,21,22)/t18-,19+/m1/s1. The summed E-state index contributed by atoms with van der Waals surface area (Å²) in [5, 5.41) is 3.00. The lowest BCUT2D eigenvalue weighted by Gasteiger charge is -2.22. The van der Waals surface area contributed by atoms with Gasteiger partial charge in [0, 0.05) is 6.26 Å². The fourth-order valence-electron chi connectivity index (χ4n) is 2.62. The van der Waals surface area contributed by atoms with Crippen molar-refractivity contribution in [3.8, 4) is 5.75 Å². The Bertz CT molecular complexity index is 817. The number of para-hydroxylation sites is 1. The quantitative estimate of drug-likeness (QED) is 0.766. The Balaban J connectivity index is 2.09. The first-order chi connectivity index (χ1) is 12.3. The second kappa shape index (κ2) is 8.85. The smallest absolute Gasteiger partial charge is 0.261 e. The summed E-state index contributed by atoms with van der Waals surface area (Å²) in [5.41, 5.74) is 0.864. The van der Waals surface area contributed by atoms with Gasteiger partial charge in [-0.2, -0.15) is 0 Å². The third-order valence-electron chi connectivity index (χ3n) is 4.12. The van der Waals surface area contributed by atoms with Gasteiger partial charge in [-0.3, -0.25) is 4.79 Å². The lowest BCUT2D eigenvalue weighted by molar-refractivity contribution is -0.128. The van der Waals surface area contributed by atoms with Gasteiger partial charge in [-0.25, -0.2) is 8.42 Å². The summed E-state index contributed by atoms with van der Waals surface area (Å²) in [6, 6.07) is 15.7. The fraction of sp³-hybridized carbons (Fsp3) is 0.350. The molecule has 2 aromatic carbocycles. The van der Waals surface area contributed by atoms with Crippen LogP contribution in [0.4, 0.5) is 0 Å². The molecule has 0 aromatic heterocycles. The van der Waals surface area contributed by atoms with E-state index in [0.717, 1.165) is 5.56 Å². The highest BCUT2D eigenvalue weighted by Crippen LogP contribution is 2.20. The Morgan fingerprint density at radius 2 is 1.62 bits per heavy atom. The summed E-state index contributed by atoms with van der Waals surface area (Å²) in [6.07, 6.45) is 1.82. The van der Waals surface area contributed by atoms with E-state index >= 15 is 0 Å². The molecule has 0 saturated heterocycles. The van der Waals surface area contributed by atoms with Gasteiger partial charge in [0.1, 0.15) is 5.75 Å². The highest BCUT2D eigenvalue weighted by atomic mass is 32.2. The normalized spacial score (nSPS) is 13.7. The molecule has 2 aromatic rings. The first kappa shape index (κ1) is 20.0. The van der Waals surface area contributed by atoms with E-state index in [9.17, 15) is 13.2 Å². The molecule has 26 heavy (non-hydrogen) atoms. The number of carbonyl (C=O) groups is 1. The Labute approximate surface area is 155 Å². The maximum Gasteiger partial charge on any atom is 0.261 e. The number of nitrogens with one attached hydrogen (secondary N) is 1. The Kier molecular flexibility index (Phi) is 6.80. The van der Waals surface area contributed by atoms with Crippen molar-refractivity contribution in [1.82, 2.24) is 5.32 Å². The van der Waals surface area contributed by atoms with E-state index in [2.05, 4.69) is 5.32 Å². The number of benzene rings is 2. The van der Waals surface area contributed by atoms with Crippen LogP contribution < -0.4 is 10.1 Å². The van der Waals surface area contributed by atoms with Crippen LogP contribution in [-0.2, 0) is 14.6 Å². The van der Waals surface area contributed by atoms with E-state index in [1.54, 1.807) is 24.3 Å². The molecule has 140 valence electrons. The molecule has 0 radical (unpaired) electrons. The van der Waals surface area contributed by atoms with Crippen molar-refractivity contribution in [3.63, 3.8) is 0 Å². The fourth-order valence-corrected chi connectivity index (χ4v) is 3.25. The molecule has 1 amide bonds. The van der Waals surface area contributed by atoms with Crippen LogP contribution in [0.3, 0.4) is 0 Å². The number of ether oxygens (including phenoxy) is 1. The molecule has 0 aliphatic heterocycles. The Morgan fingerprint density at radius 3 is 2.12 bits per heavy atom. The minimum atomic E-state index is -3.23. The number of carbonyl (C=O) groups excluding carboxylic acids is 1. The zero-order valence-corrected chi connectivity index (χ0v) is 16.1. The lowest BCUT2D eigenvalue weighted by atomic mass is 10.0. The number of amides is 1. The largest absolute Gasteiger partial charge is 0.481 e. The third kappa shape index (κ3) is 5.33. The van der Waals surface area contributed by atoms with Crippen molar-refractivity contribution in [3.05, 3.63) is 60.2 Å². The zero-order valence-electron chi connectivity index (χ0n) is 15.3. The van der Waals surface area contributed by atoms with Crippen molar-refractivity contribution >= 4 is 15.7 Å². The lowest BCUT2D eigenvalue weighted by Crippen LogP contribution is -2.39. The molecule has 1 N–H and O–H groups in total. The maximum absolute atomic E-state index is 12.6. The maximum atomic E-state index is 12.6. The van der Waals surface area contributed by atoms with Crippen molar-refractivity contribution in [2.75, 3.05) is 6.26 Å². The number of rotatable bonds is 8. The first-order valence-corrected chi connectivity index (χ1v) is 10.6. The topological polar surface area (TPSA) is 72.5 Å². The van der Waals surface area contributed by atoms with Gasteiger partial charge in [-0.05, 0) is 42.7 Å². The number of sulfone groups is 1. The molecule has 0 aliphatic carbocycles. The summed E-state index contributed by atoms with van der Waals surface area (Å²) in [4.78, 5) is 12.9. The molecular weight excluding hydrogens is 350 g/mol. The zero-order chi connectivity index (χ0) is 19.2. The Morgan fingerprint density at radius 1 is 1.00 bits per heavy atom. The molecule has 2 atom stereocenters. The van der Waals surface area contributed by atoms with Crippen molar-refractivity contribution < 1.29 is 17.9 Å². The number of hydrogen-bond donors (Lipinski definition) is 1. The van der Waals surface area contributed by atoms with Crippen molar-refractivity contribution in [2.24, 2.45) is 0 Å². The molecule has 5 nitrogen and oxygen atoms in total. The molecule has 0 spiro atoms. The Hall–Kier alpha value is -2.34. The molecule has 6 heteroatoms. The summed E-state index contributed by atoms with van der Waals surface area (Å²) in [7, 11) is -3.23. The predicted molar refractivity (Wildman–Crippen MR) is 102 cm³/mol. The van der Waals surface area contributed by atoms with E-state index in [1.165, 1.54) is 6.26 Å². The van der Waals surface area contributed by atoms with Crippen LogP contribution in [0.5, 0.6) is 5.75 Å². The van der Waals surface area contributed by atoms with E-state index in [4.69, 9.17) is 4.74 Å². The monoisotopic (exact) mass is 375 g/mol. The SMILES string of the molecule is CC[C@H](Oc1ccccc1)C(=O)N[C@H](CC)c1ccc(S(C)(=O)=O)cc1. The van der Waals surface area contributed by atoms with Crippen LogP contribution >= 0.6 is 0 Å². The van der Waals surface area contributed by atoms with Crippen LogP contribution in [-0.4, -0.2) is 26.7 Å². The van der Waals surface area contributed by atoms with Gasteiger partial charge < -0.3 is 10.1 Å². The molecular formula is C20H25NO4S. The molecule has 2 rings (SSSR count). The average Bonchev–Trinajstić information content (AvgIpc) is 2.64. The van der Waals surface area contributed by atoms with Crippen LogP contribution in [0.15, 0.2) is 59.5 Å². The molecule has 0 saturated carbocycles. The average molecular weight is 375 g/mol. The summed E-state index contributed by atoms with van der Waals surface area (Å²) in [5.74, 6) is 0.468. The van der Waals surface area contributed by atoms with E-state index in [-0.39, 0.29) is 16.8 Å². The summed E-state index contributed by atoms with van der Waals surface area (Å²) < 4.78 is 28.9. The highest BCUT2D eigenvalue weighted by molar-refractivity contribution is 7.90. The van der Waals surface area contributed by atoms with Gasteiger partial charge >= 0.3 is 0 Å². The molecule has 0 aliphatic rings. The van der Waals surface area contributed by atoms with E-state index in [0.29, 0.717) is 18.6 Å². The van der Waals surface area contributed by atoms with Gasteiger partial charge in [-0.1, -0.05) is 44.2 Å². The molecule has 0 unspecified atom stereocenters. The van der Waals surface area contributed by atoms with Gasteiger partial charge in [0.15, 0.2) is 15.9 Å². The van der Waals surface area contributed by atoms with Gasteiger partial charge in [-0.15, -0.1) is 0 Å². The van der Waals surface area contributed by atoms with Gasteiger partial charge in [0.05, 0.1) is 10.9 Å². The van der Waals surface area contributed by atoms with Gasteiger partial charge in [0.2, 0.25) is 0 Å². The molecule has 0 fully saturated rings. The summed E-state index contributed by atoms with van der Waals surface area (Å²) in [6.45, 7) is 3.86. The summed E-state index contributed by atoms with van der Waals surface area (Å²) >= 11 is 0. The highest BCUT2D eigenvalue weighted by Gasteiger charge is 2.22. The second-order valence-electron chi connectivity index (χ2n) is 6.14. The van der Waals surface area contributed by atoms with Crippen LogP contribution in [0.25, 0.3) is 0 Å². The minimum absolute atomic E-state index is 0.185. The van der Waals surface area contributed by atoms with Crippen molar-refractivity contribution in [1.29, 1.82) is 0 Å². The second-order valence-corrected chi connectivity index (χ2v) is 8.15. The molecule has 0 bridgehead atoms.